The number of nitro groups is 1. The van der Waals surface area contributed by atoms with E-state index in [9.17, 15) is 10.1 Å². The molecule has 0 amide bonds. The van der Waals surface area contributed by atoms with E-state index in [-0.39, 0.29) is 17.5 Å². The van der Waals surface area contributed by atoms with Crippen LogP contribution in [0.1, 0.15) is 25.5 Å². The molecule has 110 valence electrons. The minimum atomic E-state index is -0.440. The van der Waals surface area contributed by atoms with Gasteiger partial charge in [-0.15, -0.1) is 0 Å². The largest absolute Gasteiger partial charge is 0.370 e. The fourth-order valence-electron chi connectivity index (χ4n) is 1.93. The van der Waals surface area contributed by atoms with Gasteiger partial charge in [0.2, 0.25) is 5.82 Å². The number of rotatable bonds is 6. The Labute approximate surface area is 122 Å². The molecule has 0 aliphatic heterocycles. The second-order valence-corrected chi connectivity index (χ2v) is 4.50. The van der Waals surface area contributed by atoms with Crippen molar-refractivity contribution in [2.24, 2.45) is 0 Å². The third-order valence-corrected chi connectivity index (χ3v) is 2.99. The highest BCUT2D eigenvalue weighted by Crippen LogP contribution is 2.27. The maximum atomic E-state index is 11.1. The fraction of sp³-hybridized carbons (Fsp3) is 0.286. The van der Waals surface area contributed by atoms with Crippen LogP contribution in [0.3, 0.4) is 0 Å². The molecule has 0 saturated heterocycles. The van der Waals surface area contributed by atoms with E-state index in [1.807, 2.05) is 26.0 Å². The van der Waals surface area contributed by atoms with E-state index in [1.165, 1.54) is 6.07 Å². The smallest absolute Gasteiger partial charge is 0.311 e. The zero-order valence-corrected chi connectivity index (χ0v) is 11.9. The van der Waals surface area contributed by atoms with Crippen molar-refractivity contribution in [3.8, 4) is 0 Å². The van der Waals surface area contributed by atoms with E-state index >= 15 is 0 Å². The number of nitrogens with zero attached hydrogens (tertiary/aromatic N) is 3. The van der Waals surface area contributed by atoms with E-state index in [0.29, 0.717) is 12.4 Å². The van der Waals surface area contributed by atoms with Crippen molar-refractivity contribution in [2.75, 3.05) is 17.2 Å². The van der Waals surface area contributed by atoms with Gasteiger partial charge in [-0.05, 0) is 37.6 Å². The molecule has 0 fully saturated rings. The quantitative estimate of drug-likeness (QED) is 0.626. The molecule has 0 saturated carbocycles. The summed E-state index contributed by atoms with van der Waals surface area (Å²) in [6, 6.07) is 6.65. The van der Waals surface area contributed by atoms with Crippen molar-refractivity contribution in [3.05, 3.63) is 52.3 Å². The summed E-state index contributed by atoms with van der Waals surface area (Å²) >= 11 is 0. The van der Waals surface area contributed by atoms with Gasteiger partial charge in [0.1, 0.15) is 5.82 Å². The van der Waals surface area contributed by atoms with E-state index in [4.69, 9.17) is 0 Å². The number of hydrogen-bond donors (Lipinski definition) is 2. The van der Waals surface area contributed by atoms with Crippen molar-refractivity contribution in [3.63, 3.8) is 0 Å². The number of aromatic nitrogens is 2. The zero-order chi connectivity index (χ0) is 15.2. The van der Waals surface area contributed by atoms with Crippen molar-refractivity contribution in [2.45, 2.75) is 19.9 Å². The Morgan fingerprint density at radius 3 is 2.62 bits per heavy atom. The van der Waals surface area contributed by atoms with Gasteiger partial charge in [0.05, 0.1) is 11.0 Å². The van der Waals surface area contributed by atoms with Crippen molar-refractivity contribution in [1.82, 2.24) is 9.97 Å². The standard InChI is InChI=1S/C14H17N5O2/c1-3-16-13-5-4-12(19(20)21)14(18-13)17-10(2)11-6-8-15-9-7-11/h4-10H,3H2,1-2H3,(H2,16,17,18). The summed E-state index contributed by atoms with van der Waals surface area (Å²) in [6.07, 6.45) is 3.37. The lowest BCUT2D eigenvalue weighted by Crippen LogP contribution is -2.11. The van der Waals surface area contributed by atoms with Crippen LogP contribution in [0, 0.1) is 10.1 Å². The molecule has 0 aliphatic rings. The lowest BCUT2D eigenvalue weighted by atomic mass is 10.1. The number of nitrogens with one attached hydrogen (secondary N) is 2. The molecule has 0 aliphatic carbocycles. The Morgan fingerprint density at radius 1 is 1.29 bits per heavy atom. The Kier molecular flexibility index (Phi) is 4.65. The Morgan fingerprint density at radius 2 is 2.00 bits per heavy atom. The van der Waals surface area contributed by atoms with Crippen molar-refractivity contribution < 1.29 is 4.92 Å². The normalized spacial score (nSPS) is 11.7. The summed E-state index contributed by atoms with van der Waals surface area (Å²) in [5, 5.41) is 17.2. The van der Waals surface area contributed by atoms with Crippen LogP contribution >= 0.6 is 0 Å². The molecule has 0 spiro atoms. The topological polar surface area (TPSA) is 93.0 Å². The molecule has 2 rings (SSSR count). The molecule has 2 heterocycles. The van der Waals surface area contributed by atoms with E-state index in [0.717, 1.165) is 5.56 Å². The lowest BCUT2D eigenvalue weighted by Gasteiger charge is -2.15. The van der Waals surface area contributed by atoms with Crippen LogP contribution in [-0.4, -0.2) is 21.4 Å². The molecule has 21 heavy (non-hydrogen) atoms. The average molecular weight is 287 g/mol. The first kappa shape index (κ1) is 14.7. The number of pyridine rings is 2. The van der Waals surface area contributed by atoms with Gasteiger partial charge < -0.3 is 10.6 Å². The minimum Gasteiger partial charge on any atom is -0.370 e. The van der Waals surface area contributed by atoms with Gasteiger partial charge in [0.15, 0.2) is 0 Å². The molecule has 7 nitrogen and oxygen atoms in total. The summed E-state index contributed by atoms with van der Waals surface area (Å²) in [6.45, 7) is 4.56. The molecule has 1 atom stereocenters. The first-order chi connectivity index (χ1) is 10.1. The van der Waals surface area contributed by atoms with Crippen LogP contribution in [0.15, 0.2) is 36.7 Å². The zero-order valence-electron chi connectivity index (χ0n) is 11.9. The van der Waals surface area contributed by atoms with Gasteiger partial charge in [-0.25, -0.2) is 4.98 Å². The summed E-state index contributed by atoms with van der Waals surface area (Å²) in [5.74, 6) is 0.857. The van der Waals surface area contributed by atoms with Crippen molar-refractivity contribution >= 4 is 17.3 Å². The highest BCUT2D eigenvalue weighted by molar-refractivity contribution is 5.61. The third-order valence-electron chi connectivity index (χ3n) is 2.99. The Hall–Kier alpha value is -2.70. The molecule has 2 N–H and O–H groups in total. The molecule has 1 unspecified atom stereocenters. The number of hydrogen-bond acceptors (Lipinski definition) is 6. The fourth-order valence-corrected chi connectivity index (χ4v) is 1.93. The van der Waals surface area contributed by atoms with Gasteiger partial charge in [-0.2, -0.15) is 0 Å². The molecular formula is C14H17N5O2. The highest BCUT2D eigenvalue weighted by Gasteiger charge is 2.18. The van der Waals surface area contributed by atoms with Gasteiger partial charge in [-0.3, -0.25) is 15.1 Å². The maximum absolute atomic E-state index is 11.1. The van der Waals surface area contributed by atoms with E-state index < -0.39 is 4.92 Å². The second-order valence-electron chi connectivity index (χ2n) is 4.50. The summed E-state index contributed by atoms with van der Waals surface area (Å²) in [4.78, 5) is 18.9. The van der Waals surface area contributed by atoms with Crippen LogP contribution in [0.4, 0.5) is 17.3 Å². The van der Waals surface area contributed by atoms with Crippen LogP contribution in [0.25, 0.3) is 0 Å². The predicted octanol–water partition coefficient (Wildman–Crippen LogP) is 2.99. The van der Waals surface area contributed by atoms with Crippen LogP contribution in [0.2, 0.25) is 0 Å². The Balaban J connectivity index is 2.28. The van der Waals surface area contributed by atoms with E-state index in [2.05, 4.69) is 20.6 Å². The summed E-state index contributed by atoms with van der Waals surface area (Å²) in [7, 11) is 0. The predicted molar refractivity (Wildman–Crippen MR) is 81.3 cm³/mol. The van der Waals surface area contributed by atoms with Crippen molar-refractivity contribution in [1.29, 1.82) is 0 Å². The molecular weight excluding hydrogens is 270 g/mol. The van der Waals surface area contributed by atoms with Gasteiger partial charge >= 0.3 is 5.69 Å². The van der Waals surface area contributed by atoms with Crippen LogP contribution in [0.5, 0.6) is 0 Å². The minimum absolute atomic E-state index is 0.0439. The van der Waals surface area contributed by atoms with Crippen LogP contribution < -0.4 is 10.6 Å². The number of anilines is 2. The molecule has 0 bridgehead atoms. The SMILES string of the molecule is CCNc1ccc([N+](=O)[O-])c(NC(C)c2ccncc2)n1. The molecule has 0 radical (unpaired) electrons. The molecule has 0 aromatic carbocycles. The summed E-state index contributed by atoms with van der Waals surface area (Å²) in [5.41, 5.74) is 0.938. The lowest BCUT2D eigenvalue weighted by molar-refractivity contribution is -0.384. The summed E-state index contributed by atoms with van der Waals surface area (Å²) < 4.78 is 0. The molecule has 7 heteroatoms. The maximum Gasteiger partial charge on any atom is 0.311 e. The van der Waals surface area contributed by atoms with Gasteiger partial charge in [0, 0.05) is 25.0 Å². The van der Waals surface area contributed by atoms with Crippen LogP contribution in [-0.2, 0) is 0 Å². The van der Waals surface area contributed by atoms with Gasteiger partial charge in [-0.1, -0.05) is 0 Å². The van der Waals surface area contributed by atoms with E-state index in [1.54, 1.807) is 18.5 Å². The second kappa shape index (κ2) is 6.65. The third kappa shape index (κ3) is 3.65. The molecule has 2 aromatic rings. The first-order valence-corrected chi connectivity index (χ1v) is 6.67. The van der Waals surface area contributed by atoms with Gasteiger partial charge in [0.25, 0.3) is 0 Å². The Bertz CT molecular complexity index is 618. The first-order valence-electron chi connectivity index (χ1n) is 6.67. The monoisotopic (exact) mass is 287 g/mol. The highest BCUT2D eigenvalue weighted by atomic mass is 16.6. The average Bonchev–Trinajstić information content (AvgIpc) is 2.48. The molecule has 2 aromatic heterocycles.